The van der Waals surface area contributed by atoms with Crippen LogP contribution in [0.1, 0.15) is 37.8 Å². The number of piperidine rings is 1. The summed E-state index contributed by atoms with van der Waals surface area (Å²) in [5.41, 5.74) is 1.22. The standard InChI is InChI=1S/C20H33FN4O2S.HI/c1-15-6-5-9-25(13-15)16(2)11-23-20(22-3)24-12-18-10-19(21)8-7-17(18)14-28(4,26)27;/h7-8,10,15-16H,5-6,9,11-14H2,1-4H3,(H2,22,23,24);1H. The zero-order valence-corrected chi connectivity index (χ0v) is 20.9. The van der Waals surface area contributed by atoms with Gasteiger partial charge in [-0.25, -0.2) is 12.8 Å². The molecular weight excluding hydrogens is 506 g/mol. The molecule has 2 rings (SSSR count). The zero-order valence-electron chi connectivity index (χ0n) is 17.7. The van der Waals surface area contributed by atoms with Gasteiger partial charge in [-0.3, -0.25) is 9.89 Å². The van der Waals surface area contributed by atoms with Crippen molar-refractivity contribution in [3.63, 3.8) is 0 Å². The molecule has 2 atom stereocenters. The number of nitrogens with zero attached hydrogens (tertiary/aromatic N) is 2. The highest BCUT2D eigenvalue weighted by molar-refractivity contribution is 14.0. The Morgan fingerprint density at radius 1 is 1.34 bits per heavy atom. The molecule has 0 aromatic heterocycles. The summed E-state index contributed by atoms with van der Waals surface area (Å²) < 4.78 is 36.9. The van der Waals surface area contributed by atoms with Crippen molar-refractivity contribution in [2.75, 3.05) is 32.9 Å². The van der Waals surface area contributed by atoms with Crippen LogP contribution in [0, 0.1) is 11.7 Å². The molecule has 29 heavy (non-hydrogen) atoms. The van der Waals surface area contributed by atoms with Crippen molar-refractivity contribution in [1.82, 2.24) is 15.5 Å². The van der Waals surface area contributed by atoms with Crippen molar-refractivity contribution >= 4 is 39.8 Å². The summed E-state index contributed by atoms with van der Waals surface area (Å²) >= 11 is 0. The van der Waals surface area contributed by atoms with Crippen LogP contribution in [0.4, 0.5) is 4.39 Å². The smallest absolute Gasteiger partial charge is 0.191 e. The Morgan fingerprint density at radius 3 is 2.69 bits per heavy atom. The second kappa shape index (κ2) is 12.0. The van der Waals surface area contributed by atoms with E-state index in [-0.39, 0.29) is 35.5 Å². The van der Waals surface area contributed by atoms with Gasteiger partial charge in [-0.1, -0.05) is 13.0 Å². The lowest BCUT2D eigenvalue weighted by Crippen LogP contribution is -2.48. The third-order valence-corrected chi connectivity index (χ3v) is 5.97. The molecule has 1 aromatic carbocycles. The number of hydrogen-bond donors (Lipinski definition) is 2. The summed E-state index contributed by atoms with van der Waals surface area (Å²) in [5, 5.41) is 6.48. The SMILES string of the molecule is CN=C(NCc1cc(F)ccc1CS(C)(=O)=O)NCC(C)N1CCCC(C)C1.I. The van der Waals surface area contributed by atoms with Gasteiger partial charge >= 0.3 is 0 Å². The number of guanidine groups is 1. The van der Waals surface area contributed by atoms with Crippen molar-refractivity contribution in [3.05, 3.63) is 35.1 Å². The minimum Gasteiger partial charge on any atom is -0.355 e. The van der Waals surface area contributed by atoms with E-state index in [1.54, 1.807) is 7.05 Å². The van der Waals surface area contributed by atoms with Gasteiger partial charge in [0.25, 0.3) is 0 Å². The van der Waals surface area contributed by atoms with Gasteiger partial charge in [0.2, 0.25) is 0 Å². The average molecular weight is 540 g/mol. The van der Waals surface area contributed by atoms with Gasteiger partial charge in [0, 0.05) is 39.0 Å². The number of benzene rings is 1. The van der Waals surface area contributed by atoms with E-state index in [2.05, 4.69) is 34.4 Å². The molecule has 1 aliphatic heterocycles. The van der Waals surface area contributed by atoms with Crippen LogP contribution in [0.25, 0.3) is 0 Å². The largest absolute Gasteiger partial charge is 0.355 e. The molecule has 2 N–H and O–H groups in total. The van der Waals surface area contributed by atoms with E-state index in [4.69, 9.17) is 0 Å². The first-order chi connectivity index (χ1) is 13.2. The number of aliphatic imine (C=N–C) groups is 1. The predicted molar refractivity (Wildman–Crippen MR) is 128 cm³/mol. The minimum absolute atomic E-state index is 0. The van der Waals surface area contributed by atoms with Crippen molar-refractivity contribution in [2.45, 2.75) is 45.0 Å². The quantitative estimate of drug-likeness (QED) is 0.316. The second-order valence-electron chi connectivity index (χ2n) is 7.88. The van der Waals surface area contributed by atoms with Crippen molar-refractivity contribution in [3.8, 4) is 0 Å². The van der Waals surface area contributed by atoms with Crippen LogP contribution in [-0.2, 0) is 22.1 Å². The van der Waals surface area contributed by atoms with Gasteiger partial charge in [0.15, 0.2) is 15.8 Å². The Balaban J connectivity index is 0.00000420. The highest BCUT2D eigenvalue weighted by Crippen LogP contribution is 2.17. The van der Waals surface area contributed by atoms with Gasteiger partial charge in [-0.05, 0) is 55.5 Å². The van der Waals surface area contributed by atoms with Crippen LogP contribution in [-0.4, -0.2) is 58.3 Å². The third kappa shape index (κ3) is 9.17. The summed E-state index contributed by atoms with van der Waals surface area (Å²) in [6.45, 7) is 7.79. The van der Waals surface area contributed by atoms with Gasteiger partial charge < -0.3 is 10.6 Å². The lowest BCUT2D eigenvalue weighted by Gasteiger charge is -2.35. The Morgan fingerprint density at radius 2 is 2.07 bits per heavy atom. The first-order valence-corrected chi connectivity index (χ1v) is 11.9. The molecule has 0 saturated carbocycles. The number of likely N-dealkylation sites (tertiary alicyclic amines) is 1. The lowest BCUT2D eigenvalue weighted by atomic mass is 9.99. The van der Waals surface area contributed by atoms with Crippen LogP contribution in [0.15, 0.2) is 23.2 Å². The number of rotatable bonds is 7. The zero-order chi connectivity index (χ0) is 20.7. The van der Waals surface area contributed by atoms with Crippen molar-refractivity contribution in [1.29, 1.82) is 0 Å². The molecule has 2 unspecified atom stereocenters. The van der Waals surface area contributed by atoms with Gasteiger partial charge in [0.05, 0.1) is 5.75 Å². The highest BCUT2D eigenvalue weighted by Gasteiger charge is 2.21. The fraction of sp³-hybridized carbons (Fsp3) is 0.650. The predicted octanol–water partition coefficient (Wildman–Crippen LogP) is 2.77. The number of sulfone groups is 1. The molecule has 0 amide bonds. The summed E-state index contributed by atoms with van der Waals surface area (Å²) in [7, 11) is -1.51. The Labute approximate surface area is 191 Å². The van der Waals surface area contributed by atoms with E-state index in [0.717, 1.165) is 25.6 Å². The molecule has 1 aromatic rings. The van der Waals surface area contributed by atoms with Crippen LogP contribution >= 0.6 is 24.0 Å². The normalized spacial score (nSPS) is 19.3. The molecular formula is C20H34FIN4O2S. The summed E-state index contributed by atoms with van der Waals surface area (Å²) in [6.07, 6.45) is 3.71. The first kappa shape index (κ1) is 26.1. The van der Waals surface area contributed by atoms with Gasteiger partial charge in [0.1, 0.15) is 5.82 Å². The Kier molecular flexibility index (Phi) is 10.8. The van der Waals surface area contributed by atoms with E-state index in [9.17, 15) is 12.8 Å². The molecule has 1 heterocycles. The summed E-state index contributed by atoms with van der Waals surface area (Å²) in [6, 6.07) is 4.58. The van der Waals surface area contributed by atoms with E-state index >= 15 is 0 Å². The molecule has 0 aliphatic carbocycles. The van der Waals surface area contributed by atoms with Gasteiger partial charge in [-0.15, -0.1) is 24.0 Å². The van der Waals surface area contributed by atoms with Crippen molar-refractivity contribution in [2.24, 2.45) is 10.9 Å². The topological polar surface area (TPSA) is 73.8 Å². The van der Waals surface area contributed by atoms with Crippen LogP contribution in [0.2, 0.25) is 0 Å². The maximum Gasteiger partial charge on any atom is 0.191 e. The summed E-state index contributed by atoms with van der Waals surface area (Å²) in [5.74, 6) is 0.853. The van der Waals surface area contributed by atoms with Crippen LogP contribution in [0.3, 0.4) is 0 Å². The van der Waals surface area contributed by atoms with Crippen LogP contribution in [0.5, 0.6) is 0 Å². The number of nitrogens with one attached hydrogen (secondary N) is 2. The van der Waals surface area contributed by atoms with E-state index < -0.39 is 9.84 Å². The van der Waals surface area contributed by atoms with E-state index in [0.29, 0.717) is 29.7 Å². The molecule has 166 valence electrons. The maximum absolute atomic E-state index is 13.6. The minimum atomic E-state index is -3.20. The number of halogens is 2. The fourth-order valence-electron chi connectivity index (χ4n) is 3.58. The molecule has 1 aliphatic rings. The maximum atomic E-state index is 13.6. The fourth-order valence-corrected chi connectivity index (χ4v) is 4.43. The third-order valence-electron chi connectivity index (χ3n) is 5.13. The van der Waals surface area contributed by atoms with Gasteiger partial charge in [-0.2, -0.15) is 0 Å². The van der Waals surface area contributed by atoms with Crippen molar-refractivity contribution < 1.29 is 12.8 Å². The molecule has 6 nitrogen and oxygen atoms in total. The van der Waals surface area contributed by atoms with E-state index in [1.807, 2.05) is 0 Å². The molecule has 0 bridgehead atoms. The first-order valence-electron chi connectivity index (χ1n) is 9.81. The van der Waals surface area contributed by atoms with E-state index in [1.165, 1.54) is 37.3 Å². The Bertz CT molecular complexity index is 789. The average Bonchev–Trinajstić information content (AvgIpc) is 2.62. The molecule has 1 fully saturated rings. The molecule has 9 heteroatoms. The number of hydrogen-bond acceptors (Lipinski definition) is 4. The molecule has 0 radical (unpaired) electrons. The second-order valence-corrected chi connectivity index (χ2v) is 10.0. The molecule has 1 saturated heterocycles. The highest BCUT2D eigenvalue weighted by atomic mass is 127. The van der Waals surface area contributed by atoms with Crippen LogP contribution < -0.4 is 10.6 Å². The molecule has 0 spiro atoms. The lowest BCUT2D eigenvalue weighted by molar-refractivity contribution is 0.139. The summed E-state index contributed by atoms with van der Waals surface area (Å²) in [4.78, 5) is 6.72. The monoisotopic (exact) mass is 540 g/mol. The Hall–Kier alpha value is -0.940.